The lowest BCUT2D eigenvalue weighted by molar-refractivity contribution is 0.0531. The zero-order chi connectivity index (χ0) is 15.9. The van der Waals surface area contributed by atoms with Crippen molar-refractivity contribution in [1.82, 2.24) is 4.98 Å². The van der Waals surface area contributed by atoms with Crippen molar-refractivity contribution in [3.05, 3.63) is 46.5 Å². The maximum Gasteiger partial charge on any atom is 0.350 e. The summed E-state index contributed by atoms with van der Waals surface area (Å²) >= 11 is 1.24. The van der Waals surface area contributed by atoms with Crippen LogP contribution in [0.5, 0.6) is 0 Å². The van der Waals surface area contributed by atoms with E-state index in [-0.39, 0.29) is 11.9 Å². The van der Waals surface area contributed by atoms with E-state index in [0.29, 0.717) is 22.3 Å². The van der Waals surface area contributed by atoms with Crippen molar-refractivity contribution in [3.63, 3.8) is 0 Å². The highest BCUT2D eigenvalue weighted by molar-refractivity contribution is 7.17. The van der Waals surface area contributed by atoms with Gasteiger partial charge in [-0.2, -0.15) is 5.10 Å². The van der Waals surface area contributed by atoms with Crippen LogP contribution >= 0.6 is 11.3 Å². The van der Waals surface area contributed by atoms with Gasteiger partial charge >= 0.3 is 5.97 Å². The van der Waals surface area contributed by atoms with Gasteiger partial charge < -0.3 is 4.74 Å². The SMILES string of the molecule is CCOC(=O)c1sc(NN=C[C@@H](C)c2ccccc2)nc1C. The van der Waals surface area contributed by atoms with Gasteiger partial charge in [-0.25, -0.2) is 9.78 Å². The molecule has 0 fully saturated rings. The van der Waals surface area contributed by atoms with Crippen LogP contribution in [0.25, 0.3) is 0 Å². The second-order valence-corrected chi connectivity index (χ2v) is 5.74. The number of thiazole rings is 1. The van der Waals surface area contributed by atoms with Gasteiger partial charge in [-0.15, -0.1) is 0 Å². The lowest BCUT2D eigenvalue weighted by Crippen LogP contribution is -2.03. The Balaban J connectivity index is 1.98. The first-order valence-corrected chi connectivity index (χ1v) is 7.92. The summed E-state index contributed by atoms with van der Waals surface area (Å²) < 4.78 is 4.99. The molecule has 1 N–H and O–H groups in total. The summed E-state index contributed by atoms with van der Waals surface area (Å²) in [7, 11) is 0. The second kappa shape index (κ2) is 7.70. The highest BCUT2D eigenvalue weighted by atomic mass is 32.1. The van der Waals surface area contributed by atoms with Crippen LogP contribution in [-0.4, -0.2) is 23.8 Å². The Labute approximate surface area is 134 Å². The number of esters is 1. The Morgan fingerprint density at radius 1 is 1.45 bits per heavy atom. The molecule has 0 aliphatic rings. The lowest BCUT2D eigenvalue weighted by Gasteiger charge is -2.04. The largest absolute Gasteiger partial charge is 0.462 e. The predicted molar refractivity (Wildman–Crippen MR) is 89.8 cm³/mol. The molecule has 0 bridgehead atoms. The molecule has 0 amide bonds. The first kappa shape index (κ1) is 16.2. The molecule has 0 spiro atoms. The third-order valence-electron chi connectivity index (χ3n) is 3.04. The fourth-order valence-electron chi connectivity index (χ4n) is 1.88. The fourth-order valence-corrected chi connectivity index (χ4v) is 2.69. The number of carbonyl (C=O) groups excluding carboxylic acids is 1. The van der Waals surface area contributed by atoms with E-state index in [4.69, 9.17) is 4.74 Å². The van der Waals surface area contributed by atoms with E-state index in [1.54, 1.807) is 13.8 Å². The zero-order valence-electron chi connectivity index (χ0n) is 12.9. The Morgan fingerprint density at radius 2 is 2.18 bits per heavy atom. The van der Waals surface area contributed by atoms with Gasteiger partial charge in [0, 0.05) is 12.1 Å². The molecule has 0 aliphatic heterocycles. The minimum Gasteiger partial charge on any atom is -0.462 e. The van der Waals surface area contributed by atoms with Crippen LogP contribution in [-0.2, 0) is 4.74 Å². The molecule has 116 valence electrons. The molecule has 0 radical (unpaired) electrons. The second-order valence-electron chi connectivity index (χ2n) is 4.74. The average molecular weight is 317 g/mol. The summed E-state index contributed by atoms with van der Waals surface area (Å²) in [5.74, 6) is -0.147. The smallest absolute Gasteiger partial charge is 0.350 e. The quantitative estimate of drug-likeness (QED) is 0.499. The molecule has 1 atom stereocenters. The van der Waals surface area contributed by atoms with Crippen molar-refractivity contribution in [3.8, 4) is 0 Å². The predicted octanol–water partition coefficient (Wildman–Crippen LogP) is 3.83. The summed E-state index contributed by atoms with van der Waals surface area (Å²) in [4.78, 5) is 16.5. The zero-order valence-corrected chi connectivity index (χ0v) is 13.7. The summed E-state index contributed by atoms with van der Waals surface area (Å²) in [5.41, 5.74) is 4.71. The van der Waals surface area contributed by atoms with Crippen molar-refractivity contribution >= 4 is 28.7 Å². The van der Waals surface area contributed by atoms with E-state index in [1.807, 2.05) is 24.4 Å². The van der Waals surface area contributed by atoms with Crippen LogP contribution < -0.4 is 5.43 Å². The van der Waals surface area contributed by atoms with Gasteiger partial charge in [0.15, 0.2) is 0 Å². The molecule has 0 aliphatic carbocycles. The van der Waals surface area contributed by atoms with Gasteiger partial charge in [0.05, 0.1) is 12.3 Å². The van der Waals surface area contributed by atoms with E-state index in [2.05, 4.69) is 34.6 Å². The minimum absolute atomic E-state index is 0.194. The minimum atomic E-state index is -0.341. The molecule has 2 aromatic rings. The third kappa shape index (κ3) is 4.14. The molecule has 1 aromatic carbocycles. The van der Waals surface area contributed by atoms with Gasteiger partial charge in [0.2, 0.25) is 5.13 Å². The van der Waals surface area contributed by atoms with Crippen molar-refractivity contribution in [2.24, 2.45) is 5.10 Å². The number of aryl methyl sites for hydroxylation is 1. The molecule has 2 rings (SSSR count). The van der Waals surface area contributed by atoms with Crippen LogP contribution in [0, 0.1) is 6.92 Å². The van der Waals surface area contributed by atoms with Gasteiger partial charge in [0.1, 0.15) is 4.88 Å². The molecule has 1 aromatic heterocycles. The monoisotopic (exact) mass is 317 g/mol. The van der Waals surface area contributed by atoms with E-state index in [9.17, 15) is 4.79 Å². The molecule has 22 heavy (non-hydrogen) atoms. The van der Waals surface area contributed by atoms with Crippen molar-refractivity contribution < 1.29 is 9.53 Å². The maximum atomic E-state index is 11.7. The Kier molecular flexibility index (Phi) is 5.66. The molecular weight excluding hydrogens is 298 g/mol. The van der Waals surface area contributed by atoms with E-state index in [0.717, 1.165) is 0 Å². The first-order chi connectivity index (χ1) is 10.6. The Hall–Kier alpha value is -2.21. The van der Waals surface area contributed by atoms with Gasteiger partial charge in [-0.3, -0.25) is 5.43 Å². The van der Waals surface area contributed by atoms with E-state index < -0.39 is 0 Å². The highest BCUT2D eigenvalue weighted by Crippen LogP contribution is 2.23. The highest BCUT2D eigenvalue weighted by Gasteiger charge is 2.15. The lowest BCUT2D eigenvalue weighted by atomic mass is 10.0. The van der Waals surface area contributed by atoms with Crippen LogP contribution in [0.1, 0.15) is 40.7 Å². The summed E-state index contributed by atoms with van der Waals surface area (Å²) in [6.45, 7) is 5.98. The van der Waals surface area contributed by atoms with Crippen LogP contribution in [0.3, 0.4) is 0 Å². The number of hydrogen-bond acceptors (Lipinski definition) is 6. The van der Waals surface area contributed by atoms with E-state index >= 15 is 0 Å². The van der Waals surface area contributed by atoms with Gasteiger partial charge in [0.25, 0.3) is 0 Å². The molecule has 1 heterocycles. The standard InChI is InChI=1S/C16H19N3O2S/c1-4-21-15(20)14-12(3)18-16(22-14)19-17-10-11(2)13-8-6-5-7-9-13/h5-11H,4H2,1-3H3,(H,18,19)/t11-/m1/s1. The number of hydrazone groups is 1. The molecular formula is C16H19N3O2S. The van der Waals surface area contributed by atoms with E-state index in [1.165, 1.54) is 16.9 Å². The summed E-state index contributed by atoms with van der Waals surface area (Å²) in [6, 6.07) is 10.1. The molecule has 6 heteroatoms. The Morgan fingerprint density at radius 3 is 2.86 bits per heavy atom. The first-order valence-electron chi connectivity index (χ1n) is 7.10. The van der Waals surface area contributed by atoms with Crippen molar-refractivity contribution in [1.29, 1.82) is 0 Å². The number of rotatable bonds is 6. The van der Waals surface area contributed by atoms with Crippen LogP contribution in [0.4, 0.5) is 5.13 Å². The van der Waals surface area contributed by atoms with Crippen LogP contribution in [0.15, 0.2) is 35.4 Å². The molecule has 0 saturated carbocycles. The number of hydrogen-bond donors (Lipinski definition) is 1. The number of carbonyl (C=O) groups is 1. The number of nitrogens with zero attached hydrogens (tertiary/aromatic N) is 2. The molecule has 5 nitrogen and oxygen atoms in total. The van der Waals surface area contributed by atoms with Crippen molar-refractivity contribution in [2.75, 3.05) is 12.0 Å². The number of benzene rings is 1. The molecule has 0 saturated heterocycles. The van der Waals surface area contributed by atoms with Crippen LogP contribution in [0.2, 0.25) is 0 Å². The maximum absolute atomic E-state index is 11.7. The summed E-state index contributed by atoms with van der Waals surface area (Å²) in [6.07, 6.45) is 1.82. The number of aromatic nitrogens is 1. The fraction of sp³-hybridized carbons (Fsp3) is 0.312. The topological polar surface area (TPSA) is 63.6 Å². The third-order valence-corrected chi connectivity index (χ3v) is 4.08. The van der Waals surface area contributed by atoms with Crippen molar-refractivity contribution in [2.45, 2.75) is 26.7 Å². The van der Waals surface area contributed by atoms with Gasteiger partial charge in [-0.1, -0.05) is 48.6 Å². The Bertz CT molecular complexity index is 653. The summed E-state index contributed by atoms with van der Waals surface area (Å²) in [5, 5.41) is 4.78. The average Bonchev–Trinajstić information content (AvgIpc) is 2.89. The normalized spacial score (nSPS) is 12.3. The van der Waals surface area contributed by atoms with Gasteiger partial charge in [-0.05, 0) is 19.4 Å². The molecule has 0 unspecified atom stereocenters. The number of ether oxygens (including phenoxy) is 1. The number of anilines is 1. The number of nitrogens with one attached hydrogen (secondary N) is 1.